The van der Waals surface area contributed by atoms with Gasteiger partial charge in [0, 0.05) is 22.9 Å². The first kappa shape index (κ1) is 18.6. The number of thioether (sulfide) groups is 1. The fraction of sp³-hybridized carbons (Fsp3) is 0.429. The van der Waals surface area contributed by atoms with Gasteiger partial charge in [-0.05, 0) is 72.6 Å². The van der Waals surface area contributed by atoms with Crippen LogP contribution in [0.2, 0.25) is 0 Å². The van der Waals surface area contributed by atoms with Gasteiger partial charge >= 0.3 is 0 Å². The topological polar surface area (TPSA) is 46.2 Å². The summed E-state index contributed by atoms with van der Waals surface area (Å²) < 4.78 is 0. The van der Waals surface area contributed by atoms with Gasteiger partial charge in [0.2, 0.25) is 0 Å². The highest BCUT2D eigenvalue weighted by Gasteiger charge is 2.23. The summed E-state index contributed by atoms with van der Waals surface area (Å²) in [5, 5.41) is 11.2. The van der Waals surface area contributed by atoms with Crippen molar-refractivity contribution in [1.29, 1.82) is 0 Å². The molecule has 134 valence electrons. The van der Waals surface area contributed by atoms with E-state index in [0.29, 0.717) is 12.3 Å². The lowest BCUT2D eigenvalue weighted by Crippen LogP contribution is -2.14. The van der Waals surface area contributed by atoms with E-state index < -0.39 is 0 Å². The molecule has 0 unspecified atom stereocenters. The number of aliphatic hydroxyl groups excluding tert-OH is 1. The molecule has 0 aromatic carbocycles. The Morgan fingerprint density at radius 1 is 1.12 bits per heavy atom. The number of halogens is 1. The molecule has 3 N–H and O–H groups in total. The van der Waals surface area contributed by atoms with E-state index in [4.69, 9.17) is 17.3 Å². The minimum Gasteiger partial charge on any atom is -0.508 e. The molecule has 2 nitrogen and oxygen atoms in total. The van der Waals surface area contributed by atoms with Gasteiger partial charge in [0.15, 0.2) is 0 Å². The third-order valence-electron chi connectivity index (χ3n) is 4.97. The fourth-order valence-corrected chi connectivity index (χ4v) is 5.17. The smallest absolute Gasteiger partial charge is 0.116 e. The predicted octanol–water partition coefficient (Wildman–Crippen LogP) is 6.05. The van der Waals surface area contributed by atoms with Crippen LogP contribution in [0.25, 0.3) is 0 Å². The highest BCUT2D eigenvalue weighted by molar-refractivity contribution is 8.03. The number of rotatable bonds is 4. The third-order valence-corrected chi connectivity index (χ3v) is 6.62. The lowest BCUT2D eigenvalue weighted by molar-refractivity contribution is 0.415. The van der Waals surface area contributed by atoms with Gasteiger partial charge < -0.3 is 10.8 Å². The molecular formula is C21H26ClNOS. The second-order valence-corrected chi connectivity index (χ2v) is 8.07. The minimum atomic E-state index is 0.392. The lowest BCUT2D eigenvalue weighted by atomic mass is 9.83. The maximum Gasteiger partial charge on any atom is 0.116 e. The maximum absolute atomic E-state index is 10.4. The summed E-state index contributed by atoms with van der Waals surface area (Å²) in [5.74, 6) is 1.28. The zero-order valence-electron chi connectivity index (χ0n) is 14.6. The molecule has 0 heterocycles. The standard InChI is InChI=1S/C21H26ClNOS/c22-19-10-3-1-2-7-15(19)14-25-21-12-6-11-20(24)18(13-23)16-8-4-5-9-17(16)21/h1-2,7,10-11,24H,3-6,8-9,12-14,23H2/b18-16-,20-11+,21-17+. The Hall–Kier alpha value is -1.16. The van der Waals surface area contributed by atoms with Gasteiger partial charge in [-0.25, -0.2) is 0 Å². The number of aliphatic hydroxyl groups is 1. The van der Waals surface area contributed by atoms with E-state index in [2.05, 4.69) is 24.3 Å². The van der Waals surface area contributed by atoms with Crippen LogP contribution in [0.5, 0.6) is 0 Å². The van der Waals surface area contributed by atoms with Crippen LogP contribution in [-0.2, 0) is 0 Å². The van der Waals surface area contributed by atoms with E-state index in [1.807, 2.05) is 17.8 Å². The number of hydrogen-bond donors (Lipinski definition) is 2. The van der Waals surface area contributed by atoms with Gasteiger partial charge in [-0.3, -0.25) is 0 Å². The SMILES string of the molecule is NCC1=C2\CCCC\C2=C(/SCC2=CC=CCC=C2Cl)CC/C=C\1O. The molecule has 0 aromatic heterocycles. The Balaban J connectivity index is 1.88. The van der Waals surface area contributed by atoms with E-state index in [0.717, 1.165) is 48.5 Å². The van der Waals surface area contributed by atoms with E-state index in [-0.39, 0.29) is 0 Å². The van der Waals surface area contributed by atoms with Crippen LogP contribution in [0, 0.1) is 0 Å². The molecule has 1 saturated carbocycles. The van der Waals surface area contributed by atoms with Crippen molar-refractivity contribution < 1.29 is 5.11 Å². The van der Waals surface area contributed by atoms with E-state index in [1.165, 1.54) is 34.5 Å². The van der Waals surface area contributed by atoms with Crippen molar-refractivity contribution in [2.24, 2.45) is 5.73 Å². The monoisotopic (exact) mass is 375 g/mol. The van der Waals surface area contributed by atoms with Crippen LogP contribution in [0.15, 0.2) is 68.4 Å². The van der Waals surface area contributed by atoms with E-state index in [1.54, 1.807) is 0 Å². The van der Waals surface area contributed by atoms with Gasteiger partial charge in [0.05, 0.1) is 0 Å². The number of hydrogen-bond acceptors (Lipinski definition) is 3. The molecule has 0 saturated heterocycles. The molecule has 0 spiro atoms. The van der Waals surface area contributed by atoms with Crippen molar-refractivity contribution in [3.8, 4) is 0 Å². The van der Waals surface area contributed by atoms with Crippen molar-refractivity contribution >= 4 is 23.4 Å². The van der Waals surface area contributed by atoms with Crippen LogP contribution in [-0.4, -0.2) is 17.4 Å². The van der Waals surface area contributed by atoms with Crippen LogP contribution in [0.3, 0.4) is 0 Å². The summed E-state index contributed by atoms with van der Waals surface area (Å²) in [6.45, 7) is 0.406. The van der Waals surface area contributed by atoms with Crippen molar-refractivity contribution in [2.75, 3.05) is 12.3 Å². The highest BCUT2D eigenvalue weighted by atomic mass is 35.5. The Morgan fingerprint density at radius 3 is 2.72 bits per heavy atom. The maximum atomic E-state index is 10.4. The third kappa shape index (κ3) is 4.52. The normalized spacial score (nSPS) is 29.6. The summed E-state index contributed by atoms with van der Waals surface area (Å²) >= 11 is 8.33. The highest BCUT2D eigenvalue weighted by Crippen LogP contribution is 2.41. The zero-order chi connectivity index (χ0) is 17.6. The Morgan fingerprint density at radius 2 is 1.92 bits per heavy atom. The Bertz CT molecular complexity index is 709. The van der Waals surface area contributed by atoms with Crippen LogP contribution in [0.1, 0.15) is 44.9 Å². The van der Waals surface area contributed by atoms with Gasteiger partial charge in [0.1, 0.15) is 5.76 Å². The van der Waals surface area contributed by atoms with Gasteiger partial charge in [-0.15, -0.1) is 11.8 Å². The summed E-state index contributed by atoms with van der Waals surface area (Å²) in [5.41, 5.74) is 10.8. The zero-order valence-corrected chi connectivity index (χ0v) is 16.1. The van der Waals surface area contributed by atoms with Crippen molar-refractivity contribution in [2.45, 2.75) is 44.9 Å². The van der Waals surface area contributed by atoms with Crippen LogP contribution in [0.4, 0.5) is 0 Å². The number of fused-ring (bicyclic) bond motifs is 1. The summed E-state index contributed by atoms with van der Waals surface area (Å²) in [6.07, 6.45) is 17.6. The molecular weight excluding hydrogens is 350 g/mol. The molecule has 0 radical (unpaired) electrons. The summed E-state index contributed by atoms with van der Waals surface area (Å²) in [4.78, 5) is 1.45. The molecule has 4 heteroatoms. The van der Waals surface area contributed by atoms with Crippen molar-refractivity contribution in [3.05, 3.63) is 68.4 Å². The van der Waals surface area contributed by atoms with Crippen LogP contribution >= 0.6 is 23.4 Å². The number of allylic oxidation sites excluding steroid dienone is 9. The predicted molar refractivity (Wildman–Crippen MR) is 110 cm³/mol. The number of nitrogens with two attached hydrogens (primary N) is 1. The summed E-state index contributed by atoms with van der Waals surface area (Å²) in [6, 6.07) is 0. The van der Waals surface area contributed by atoms with Gasteiger partial charge in [-0.1, -0.05) is 35.9 Å². The minimum absolute atomic E-state index is 0.392. The quantitative estimate of drug-likeness (QED) is 0.628. The van der Waals surface area contributed by atoms with Crippen molar-refractivity contribution in [1.82, 2.24) is 0 Å². The molecule has 3 rings (SSSR count). The molecule has 0 amide bonds. The molecule has 25 heavy (non-hydrogen) atoms. The van der Waals surface area contributed by atoms with E-state index >= 15 is 0 Å². The molecule has 0 aliphatic heterocycles. The summed E-state index contributed by atoms with van der Waals surface area (Å²) in [7, 11) is 0. The first-order valence-electron chi connectivity index (χ1n) is 9.09. The molecule has 1 fully saturated rings. The Kier molecular flexibility index (Phi) is 6.69. The van der Waals surface area contributed by atoms with Crippen molar-refractivity contribution in [3.63, 3.8) is 0 Å². The molecule has 3 aliphatic carbocycles. The molecule has 0 atom stereocenters. The Labute approximate surface area is 159 Å². The molecule has 3 aliphatic rings. The molecule has 0 bridgehead atoms. The van der Waals surface area contributed by atoms with Crippen LogP contribution < -0.4 is 5.73 Å². The second kappa shape index (κ2) is 8.98. The average Bonchev–Trinajstić information content (AvgIpc) is 2.82. The van der Waals surface area contributed by atoms with Gasteiger partial charge in [-0.2, -0.15) is 0 Å². The lowest BCUT2D eigenvalue weighted by Gasteiger charge is -2.27. The second-order valence-electron chi connectivity index (χ2n) is 6.59. The first-order chi connectivity index (χ1) is 12.2. The molecule has 0 aromatic rings. The fourth-order valence-electron chi connectivity index (χ4n) is 3.63. The largest absolute Gasteiger partial charge is 0.508 e. The average molecular weight is 376 g/mol. The van der Waals surface area contributed by atoms with Gasteiger partial charge in [0.25, 0.3) is 0 Å². The van der Waals surface area contributed by atoms with E-state index in [9.17, 15) is 5.11 Å². The first-order valence-corrected chi connectivity index (χ1v) is 10.5.